The predicted molar refractivity (Wildman–Crippen MR) is 179 cm³/mol. The summed E-state index contributed by atoms with van der Waals surface area (Å²) in [5.41, 5.74) is 6.11. The van der Waals surface area contributed by atoms with E-state index in [0.29, 0.717) is 52.7 Å². The zero-order chi connectivity index (χ0) is 33.7. The molecule has 0 aromatic heterocycles. The number of aliphatic hydroxyl groups is 1. The fourth-order valence-corrected chi connectivity index (χ4v) is 7.41. The first-order valence-corrected chi connectivity index (χ1v) is 16.1. The van der Waals surface area contributed by atoms with Crippen LogP contribution in [-0.2, 0) is 32.3 Å². The maximum atomic E-state index is 12.0. The Balaban J connectivity index is 1.47. The number of hydrogen-bond donors (Lipinski definition) is 2. The van der Waals surface area contributed by atoms with Crippen molar-refractivity contribution in [2.75, 3.05) is 41.4 Å². The molecule has 48 heavy (non-hydrogen) atoms. The number of likely N-dealkylation sites (N-methyl/N-ethyl adjacent to an activating group) is 2. The van der Waals surface area contributed by atoms with Crippen LogP contribution in [0.25, 0.3) is 0 Å². The lowest BCUT2D eigenvalue weighted by molar-refractivity contribution is -0.386. The topological polar surface area (TPSA) is 127 Å². The van der Waals surface area contributed by atoms with Gasteiger partial charge in [-0.1, -0.05) is 12.1 Å². The van der Waals surface area contributed by atoms with E-state index in [0.717, 1.165) is 53.7 Å². The third kappa shape index (κ3) is 5.57. The minimum absolute atomic E-state index is 0.0304. The van der Waals surface area contributed by atoms with Gasteiger partial charge in [-0.05, 0) is 104 Å². The Labute approximate surface area is 279 Å². The van der Waals surface area contributed by atoms with Crippen LogP contribution in [-0.4, -0.2) is 66.3 Å². The molecular formula is C37H39N3O8. The summed E-state index contributed by atoms with van der Waals surface area (Å²) in [6, 6.07) is 16.4. The number of phenols is 1. The number of nitrogens with zero attached hydrogens (tertiary/aromatic N) is 3. The predicted octanol–water partition coefficient (Wildman–Crippen LogP) is 6.25. The number of aromatic hydroxyl groups is 1. The molecule has 11 nitrogen and oxygen atoms in total. The average Bonchev–Trinajstić information content (AvgIpc) is 3.08. The number of fused-ring (bicyclic) bond motifs is 2. The van der Waals surface area contributed by atoms with Crippen LogP contribution in [0, 0.1) is 10.1 Å². The summed E-state index contributed by atoms with van der Waals surface area (Å²) in [6.07, 6.45) is 2.62. The van der Waals surface area contributed by atoms with Crippen molar-refractivity contribution in [2.45, 2.75) is 44.4 Å². The van der Waals surface area contributed by atoms with Gasteiger partial charge in [0.15, 0.2) is 28.7 Å². The van der Waals surface area contributed by atoms with E-state index in [1.165, 1.54) is 6.07 Å². The lowest BCUT2D eigenvalue weighted by Gasteiger charge is -2.37. The quantitative estimate of drug-likeness (QED) is 0.193. The van der Waals surface area contributed by atoms with Crippen molar-refractivity contribution in [3.05, 3.63) is 104 Å². The van der Waals surface area contributed by atoms with Crippen LogP contribution < -0.4 is 18.9 Å². The zero-order valence-electron chi connectivity index (χ0n) is 27.5. The van der Waals surface area contributed by atoms with Gasteiger partial charge in [-0.3, -0.25) is 19.9 Å². The summed E-state index contributed by atoms with van der Waals surface area (Å²) in [5.74, 6) is 2.08. The maximum absolute atomic E-state index is 12.0. The number of hydrogen-bond acceptors (Lipinski definition) is 10. The molecule has 4 aliphatic heterocycles. The van der Waals surface area contributed by atoms with Gasteiger partial charge in [-0.25, -0.2) is 0 Å². The summed E-state index contributed by atoms with van der Waals surface area (Å²) in [5, 5.41) is 33.4. The molecule has 8 rings (SSSR count). The van der Waals surface area contributed by atoms with Crippen molar-refractivity contribution in [3.63, 3.8) is 0 Å². The molecule has 0 unspecified atom stereocenters. The third-order valence-electron chi connectivity index (χ3n) is 9.99. The van der Waals surface area contributed by atoms with E-state index in [9.17, 15) is 20.3 Å². The van der Waals surface area contributed by atoms with Crippen molar-refractivity contribution in [1.29, 1.82) is 0 Å². The Morgan fingerprint density at radius 3 is 2.27 bits per heavy atom. The van der Waals surface area contributed by atoms with Crippen LogP contribution in [0.15, 0.2) is 54.6 Å². The number of aliphatic hydroxyl groups excluding tert-OH is 1. The molecule has 0 saturated carbocycles. The smallest absolute Gasteiger partial charge is 0.314 e. The minimum atomic E-state index is -0.587. The Morgan fingerprint density at radius 2 is 1.58 bits per heavy atom. The number of rotatable bonds is 4. The summed E-state index contributed by atoms with van der Waals surface area (Å²) in [4.78, 5) is 16.0. The summed E-state index contributed by atoms with van der Waals surface area (Å²) in [6.45, 7) is 1.38. The van der Waals surface area contributed by atoms with Crippen LogP contribution >= 0.6 is 0 Å². The van der Waals surface area contributed by atoms with Crippen LogP contribution in [0.2, 0.25) is 0 Å². The Morgan fingerprint density at radius 1 is 0.875 bits per heavy atom. The molecule has 6 bridgehead atoms. The number of nitro benzene ring substituents is 1. The van der Waals surface area contributed by atoms with Crippen molar-refractivity contribution >= 4 is 5.69 Å². The lowest BCUT2D eigenvalue weighted by Crippen LogP contribution is -2.34. The number of benzene rings is 4. The Hall–Kier alpha value is -4.84. The zero-order valence-corrected chi connectivity index (χ0v) is 27.5. The Bertz CT molecular complexity index is 1890. The van der Waals surface area contributed by atoms with E-state index < -0.39 is 16.4 Å². The lowest BCUT2D eigenvalue weighted by atomic mass is 9.86. The number of nitro groups is 1. The van der Waals surface area contributed by atoms with Gasteiger partial charge in [-0.2, -0.15) is 0 Å². The second-order valence-corrected chi connectivity index (χ2v) is 12.8. The first-order chi connectivity index (χ1) is 23.2. The van der Waals surface area contributed by atoms with Gasteiger partial charge >= 0.3 is 5.69 Å². The number of ether oxygens (including phenoxy) is 4. The van der Waals surface area contributed by atoms with Gasteiger partial charge in [0, 0.05) is 42.4 Å². The molecule has 2 atom stereocenters. The van der Waals surface area contributed by atoms with E-state index in [-0.39, 0.29) is 24.4 Å². The number of phenolic OH excluding ortho intramolecular Hbond substituents is 1. The van der Waals surface area contributed by atoms with Crippen molar-refractivity contribution in [2.24, 2.45) is 0 Å². The van der Waals surface area contributed by atoms with Crippen LogP contribution in [0.4, 0.5) is 5.69 Å². The highest BCUT2D eigenvalue weighted by Gasteiger charge is 2.34. The second-order valence-electron chi connectivity index (χ2n) is 12.8. The van der Waals surface area contributed by atoms with Crippen molar-refractivity contribution < 1.29 is 34.1 Å². The standard InChI is InChI=1S/C37H39N3O8/c1-38-11-9-23-18-31(45-3)32-19-27(23)28(38)14-22-15-30(40(43)44)35(42)33(16-22)47-26-7-5-21(6-8-26)13-29-34-24(10-12-39(29)2)17-25(20-41)36(46-4)37(34)48-32/h5-8,15-19,28-29,41-42H,9-14,20H2,1-4H3/t28-,29+/m1/s1. The average molecular weight is 654 g/mol. The van der Waals surface area contributed by atoms with Crippen LogP contribution in [0.3, 0.4) is 0 Å². The van der Waals surface area contributed by atoms with E-state index >= 15 is 0 Å². The second kappa shape index (κ2) is 12.6. The molecule has 0 fully saturated rings. The Kier molecular flexibility index (Phi) is 8.36. The highest BCUT2D eigenvalue weighted by molar-refractivity contribution is 5.62. The third-order valence-corrected chi connectivity index (χ3v) is 9.99. The number of methoxy groups -OCH3 is 2. The highest BCUT2D eigenvalue weighted by Crippen LogP contribution is 2.50. The van der Waals surface area contributed by atoms with E-state index in [4.69, 9.17) is 18.9 Å². The molecule has 0 amide bonds. The molecule has 250 valence electrons. The summed E-state index contributed by atoms with van der Waals surface area (Å²) >= 11 is 0. The maximum Gasteiger partial charge on any atom is 0.314 e. The first kappa shape index (κ1) is 31.7. The van der Waals surface area contributed by atoms with E-state index in [2.05, 4.69) is 16.8 Å². The summed E-state index contributed by atoms with van der Waals surface area (Å²) in [7, 11) is 7.33. The molecule has 4 aromatic rings. The molecular weight excluding hydrogens is 614 g/mol. The van der Waals surface area contributed by atoms with Crippen molar-refractivity contribution in [1.82, 2.24) is 9.80 Å². The molecule has 0 spiro atoms. The molecule has 4 aliphatic rings. The molecule has 4 aromatic carbocycles. The van der Waals surface area contributed by atoms with Crippen molar-refractivity contribution in [3.8, 4) is 40.2 Å². The monoisotopic (exact) mass is 653 g/mol. The summed E-state index contributed by atoms with van der Waals surface area (Å²) < 4.78 is 24.9. The molecule has 11 heteroatoms. The van der Waals surface area contributed by atoms with Crippen LogP contribution in [0.5, 0.6) is 40.2 Å². The SMILES string of the molecule is COc1cc2c3cc1Oc1c(OC)c(CO)cc4c1[C@H](Cc1ccc(cc1)Oc1cc(cc([N+](=O)[O-])c1O)C[C@H]3N(C)CC2)N(C)CC4. The normalized spacial score (nSPS) is 18.9. The van der Waals surface area contributed by atoms with Crippen LogP contribution in [0.1, 0.15) is 51.0 Å². The molecule has 0 saturated heterocycles. The molecule has 4 heterocycles. The van der Waals surface area contributed by atoms with Gasteiger partial charge < -0.3 is 29.2 Å². The van der Waals surface area contributed by atoms with E-state index in [1.807, 2.05) is 49.5 Å². The first-order valence-electron chi connectivity index (χ1n) is 16.1. The molecule has 0 aliphatic carbocycles. The molecule has 0 radical (unpaired) electrons. The fourth-order valence-electron chi connectivity index (χ4n) is 7.41. The minimum Gasteiger partial charge on any atom is -0.499 e. The highest BCUT2D eigenvalue weighted by atomic mass is 16.6. The van der Waals surface area contributed by atoms with Gasteiger partial charge in [0.1, 0.15) is 5.75 Å². The fraction of sp³-hybridized carbons (Fsp3) is 0.351. The molecule has 2 N–H and O–H groups in total. The van der Waals surface area contributed by atoms with Gasteiger partial charge in [0.25, 0.3) is 0 Å². The van der Waals surface area contributed by atoms with Gasteiger partial charge in [0.2, 0.25) is 5.75 Å². The van der Waals surface area contributed by atoms with Gasteiger partial charge in [0.05, 0.1) is 25.7 Å². The largest absolute Gasteiger partial charge is 0.499 e. The van der Waals surface area contributed by atoms with Gasteiger partial charge in [-0.15, -0.1) is 0 Å². The van der Waals surface area contributed by atoms with E-state index in [1.54, 1.807) is 20.3 Å².